The van der Waals surface area contributed by atoms with Gasteiger partial charge in [0.05, 0.1) is 33.4 Å². The molecule has 0 aliphatic rings. The Morgan fingerprint density at radius 2 is 1.61 bits per heavy atom. The van der Waals surface area contributed by atoms with Crippen LogP contribution >= 0.6 is 11.3 Å². The van der Waals surface area contributed by atoms with Crippen molar-refractivity contribution < 1.29 is 19.4 Å². The highest BCUT2D eigenvalue weighted by Gasteiger charge is 2.20. The van der Waals surface area contributed by atoms with E-state index in [0.717, 1.165) is 11.1 Å². The van der Waals surface area contributed by atoms with Gasteiger partial charge >= 0.3 is 11.2 Å². The first-order chi connectivity index (χ1) is 15.0. The Kier molecular flexibility index (Phi) is 5.43. The number of nitrogens with zero attached hydrogens (tertiary/aromatic N) is 2. The van der Waals surface area contributed by atoms with E-state index in [0.29, 0.717) is 28.3 Å². The average molecular weight is 440 g/mol. The summed E-state index contributed by atoms with van der Waals surface area (Å²) in [6.45, 7) is 0.0729. The van der Waals surface area contributed by atoms with Gasteiger partial charge in [-0.3, -0.25) is 9.36 Å². The number of ether oxygens (including phenoxy) is 3. The van der Waals surface area contributed by atoms with Gasteiger partial charge in [-0.25, -0.2) is 4.79 Å². The summed E-state index contributed by atoms with van der Waals surface area (Å²) < 4.78 is 18.0. The van der Waals surface area contributed by atoms with Gasteiger partial charge in [0.25, 0.3) is 0 Å². The standard InChI is InChI=1S/C22H20N2O6S/c1-28-16-9-13(10-17(29-2)19(16)30-3)11-23-18-15(14-7-5-4-6-8-14)12-31-20(18)21(25)24(27)22(23)26/h4-10,12,27H,11H2,1-3H3. The van der Waals surface area contributed by atoms with Crippen LogP contribution in [0, 0.1) is 0 Å². The Labute approximate surface area is 181 Å². The zero-order chi connectivity index (χ0) is 22.1. The van der Waals surface area contributed by atoms with Crippen molar-refractivity contribution in [1.29, 1.82) is 0 Å². The van der Waals surface area contributed by atoms with Crippen LogP contribution in [-0.4, -0.2) is 35.8 Å². The number of hydrogen-bond acceptors (Lipinski definition) is 7. The third-order valence-electron chi connectivity index (χ3n) is 4.98. The molecule has 0 aliphatic heterocycles. The summed E-state index contributed by atoms with van der Waals surface area (Å²) in [5, 5.41) is 11.9. The fourth-order valence-corrected chi connectivity index (χ4v) is 4.55. The molecule has 4 aromatic rings. The van der Waals surface area contributed by atoms with E-state index >= 15 is 0 Å². The van der Waals surface area contributed by atoms with Crippen LogP contribution in [-0.2, 0) is 6.54 Å². The summed E-state index contributed by atoms with van der Waals surface area (Å²) in [5.74, 6) is 1.30. The fraction of sp³-hybridized carbons (Fsp3) is 0.182. The molecule has 9 heteroatoms. The molecule has 2 heterocycles. The van der Waals surface area contributed by atoms with E-state index in [1.54, 1.807) is 12.1 Å². The molecule has 0 saturated carbocycles. The number of rotatable bonds is 6. The molecule has 2 aromatic carbocycles. The summed E-state index contributed by atoms with van der Waals surface area (Å²) >= 11 is 1.18. The third kappa shape index (κ3) is 3.42. The summed E-state index contributed by atoms with van der Waals surface area (Å²) in [4.78, 5) is 25.5. The van der Waals surface area contributed by atoms with Crippen LogP contribution < -0.4 is 25.5 Å². The predicted octanol–water partition coefficient (Wildman–Crippen LogP) is 3.20. The molecule has 0 aliphatic carbocycles. The lowest BCUT2D eigenvalue weighted by atomic mass is 10.1. The highest BCUT2D eigenvalue weighted by molar-refractivity contribution is 7.17. The van der Waals surface area contributed by atoms with Crippen LogP contribution in [0.2, 0.25) is 0 Å². The predicted molar refractivity (Wildman–Crippen MR) is 118 cm³/mol. The van der Waals surface area contributed by atoms with Crippen LogP contribution in [0.1, 0.15) is 5.56 Å². The molecule has 0 bridgehead atoms. The first-order valence-corrected chi connectivity index (χ1v) is 10.2. The first-order valence-electron chi connectivity index (χ1n) is 9.30. The average Bonchev–Trinajstić information content (AvgIpc) is 3.25. The zero-order valence-electron chi connectivity index (χ0n) is 17.1. The van der Waals surface area contributed by atoms with Gasteiger partial charge < -0.3 is 19.4 Å². The molecule has 0 saturated heterocycles. The number of fused-ring (bicyclic) bond motifs is 1. The quantitative estimate of drug-likeness (QED) is 0.463. The minimum atomic E-state index is -0.832. The van der Waals surface area contributed by atoms with Gasteiger partial charge in [-0.1, -0.05) is 35.1 Å². The molecule has 0 fully saturated rings. The van der Waals surface area contributed by atoms with Crippen molar-refractivity contribution in [2.75, 3.05) is 21.3 Å². The van der Waals surface area contributed by atoms with Crippen molar-refractivity contribution in [1.82, 2.24) is 9.30 Å². The van der Waals surface area contributed by atoms with E-state index in [1.165, 1.54) is 37.2 Å². The number of aromatic nitrogens is 2. The Bertz CT molecular complexity index is 1350. The van der Waals surface area contributed by atoms with Gasteiger partial charge in [0.1, 0.15) is 4.70 Å². The summed E-state index contributed by atoms with van der Waals surface area (Å²) in [7, 11) is 4.52. The summed E-state index contributed by atoms with van der Waals surface area (Å²) in [6.07, 6.45) is 0. The van der Waals surface area contributed by atoms with Gasteiger partial charge in [0, 0.05) is 10.9 Å². The lowest BCUT2D eigenvalue weighted by Gasteiger charge is -2.16. The number of methoxy groups -OCH3 is 3. The minimum Gasteiger partial charge on any atom is -0.493 e. The van der Waals surface area contributed by atoms with Crippen molar-refractivity contribution >= 4 is 21.6 Å². The minimum absolute atomic E-state index is 0.0729. The molecular weight excluding hydrogens is 420 g/mol. The van der Waals surface area contributed by atoms with Crippen LogP contribution in [0.25, 0.3) is 21.3 Å². The largest absolute Gasteiger partial charge is 0.493 e. The Morgan fingerprint density at radius 1 is 0.968 bits per heavy atom. The molecule has 0 radical (unpaired) electrons. The molecule has 0 spiro atoms. The summed E-state index contributed by atoms with van der Waals surface area (Å²) in [6, 6.07) is 12.9. The maximum Gasteiger partial charge on any atom is 0.365 e. The van der Waals surface area contributed by atoms with Crippen LogP contribution in [0.15, 0.2) is 57.4 Å². The third-order valence-corrected chi connectivity index (χ3v) is 5.94. The van der Waals surface area contributed by atoms with Crippen molar-refractivity contribution in [3.63, 3.8) is 0 Å². The van der Waals surface area contributed by atoms with Crippen molar-refractivity contribution in [2.24, 2.45) is 0 Å². The first kappa shape index (κ1) is 20.5. The van der Waals surface area contributed by atoms with Gasteiger partial charge in [0.15, 0.2) is 11.5 Å². The van der Waals surface area contributed by atoms with Gasteiger partial charge in [0.2, 0.25) is 5.75 Å². The zero-order valence-corrected chi connectivity index (χ0v) is 17.9. The molecule has 2 aromatic heterocycles. The smallest absolute Gasteiger partial charge is 0.365 e. The molecule has 0 atom stereocenters. The lowest BCUT2D eigenvalue weighted by molar-refractivity contribution is 0.158. The van der Waals surface area contributed by atoms with E-state index < -0.39 is 11.2 Å². The van der Waals surface area contributed by atoms with Crippen molar-refractivity contribution in [3.05, 3.63) is 74.2 Å². The maximum absolute atomic E-state index is 12.9. The molecule has 1 N–H and O–H groups in total. The van der Waals surface area contributed by atoms with Gasteiger partial charge in [-0.05, 0) is 23.3 Å². The molecule has 0 amide bonds. The normalized spacial score (nSPS) is 10.9. The van der Waals surface area contributed by atoms with Crippen molar-refractivity contribution in [2.45, 2.75) is 6.54 Å². The van der Waals surface area contributed by atoms with Crippen LogP contribution in [0.4, 0.5) is 0 Å². The fourth-order valence-electron chi connectivity index (χ4n) is 3.54. The topological polar surface area (TPSA) is 91.9 Å². The van der Waals surface area contributed by atoms with E-state index in [9.17, 15) is 14.8 Å². The monoisotopic (exact) mass is 440 g/mol. The van der Waals surface area contributed by atoms with E-state index in [1.807, 2.05) is 35.7 Å². The lowest BCUT2D eigenvalue weighted by Crippen LogP contribution is -2.38. The number of hydrogen-bond donors (Lipinski definition) is 1. The summed E-state index contributed by atoms with van der Waals surface area (Å²) in [5.41, 5.74) is 1.16. The van der Waals surface area contributed by atoms with E-state index in [2.05, 4.69) is 0 Å². The van der Waals surface area contributed by atoms with E-state index in [-0.39, 0.29) is 16.0 Å². The molecule has 0 unspecified atom stereocenters. The van der Waals surface area contributed by atoms with Gasteiger partial charge in [-0.15, -0.1) is 11.3 Å². The van der Waals surface area contributed by atoms with Crippen LogP contribution in [0.3, 0.4) is 0 Å². The second-order valence-electron chi connectivity index (χ2n) is 6.71. The highest BCUT2D eigenvalue weighted by atomic mass is 32.1. The van der Waals surface area contributed by atoms with Crippen molar-refractivity contribution in [3.8, 4) is 28.4 Å². The molecule has 4 rings (SSSR count). The Morgan fingerprint density at radius 3 is 2.19 bits per heavy atom. The Hall–Kier alpha value is -3.72. The second-order valence-corrected chi connectivity index (χ2v) is 7.59. The molecule has 160 valence electrons. The van der Waals surface area contributed by atoms with Gasteiger partial charge in [-0.2, -0.15) is 0 Å². The maximum atomic E-state index is 12.9. The Balaban J connectivity index is 1.97. The molecular formula is C22H20N2O6S. The SMILES string of the molecule is COc1cc(Cn2c(=O)n(O)c(=O)c3scc(-c4ccccc4)c32)cc(OC)c1OC. The second kappa shape index (κ2) is 8.19. The van der Waals surface area contributed by atoms with Crippen LogP contribution in [0.5, 0.6) is 17.2 Å². The molecule has 8 nitrogen and oxygen atoms in total. The highest BCUT2D eigenvalue weighted by Crippen LogP contribution is 2.39. The number of thiophene rings is 1. The molecule has 31 heavy (non-hydrogen) atoms. The number of benzene rings is 2. The van der Waals surface area contributed by atoms with E-state index in [4.69, 9.17) is 14.2 Å².